The Balaban J connectivity index is -0.000000246. The summed E-state index contributed by atoms with van der Waals surface area (Å²) in [6, 6.07) is 0. The van der Waals surface area contributed by atoms with Gasteiger partial charge in [-0.05, 0) is 43.8 Å². The second kappa shape index (κ2) is 16.5. The molecular formula is C16H30. The van der Waals surface area contributed by atoms with Crippen LogP contribution in [0.2, 0.25) is 0 Å². The molecule has 1 aliphatic rings. The van der Waals surface area contributed by atoms with Crippen LogP contribution in [0, 0.1) is 12.3 Å². The molecule has 0 heteroatoms. The molecule has 0 aliphatic heterocycles. The van der Waals surface area contributed by atoms with Gasteiger partial charge >= 0.3 is 0 Å². The molecule has 0 aromatic heterocycles. The van der Waals surface area contributed by atoms with E-state index in [-0.39, 0.29) is 7.43 Å². The van der Waals surface area contributed by atoms with Gasteiger partial charge in [-0.25, -0.2) is 0 Å². The maximum Gasteiger partial charge on any atom is -0.00297 e. The van der Waals surface area contributed by atoms with Crippen molar-refractivity contribution >= 4 is 0 Å². The second-order valence-corrected chi connectivity index (χ2v) is 3.03. The van der Waals surface area contributed by atoms with Gasteiger partial charge in [-0.3, -0.25) is 0 Å². The average Bonchev–Trinajstić information content (AvgIpc) is 2.32. The lowest BCUT2D eigenvalue weighted by Crippen LogP contribution is -1.92. The number of hydrogen-bond acceptors (Lipinski definition) is 0. The van der Waals surface area contributed by atoms with E-state index in [1.165, 1.54) is 25.7 Å². The van der Waals surface area contributed by atoms with Crippen LogP contribution in [0.4, 0.5) is 0 Å². The van der Waals surface area contributed by atoms with Crippen molar-refractivity contribution in [1.29, 1.82) is 0 Å². The van der Waals surface area contributed by atoms with Crippen LogP contribution in [-0.2, 0) is 0 Å². The molecule has 0 N–H and O–H groups in total. The van der Waals surface area contributed by atoms with Gasteiger partial charge in [-0.15, -0.1) is 12.3 Å². The highest BCUT2D eigenvalue weighted by atomic mass is 14.1. The van der Waals surface area contributed by atoms with Crippen molar-refractivity contribution in [2.75, 3.05) is 0 Å². The Hall–Kier alpha value is -0.960. The van der Waals surface area contributed by atoms with Crippen LogP contribution in [0.5, 0.6) is 0 Å². The largest absolute Gasteiger partial charge is 0.120 e. The first-order valence-corrected chi connectivity index (χ1v) is 6.05. The number of hydrogen-bond donors (Lipinski definition) is 0. The third kappa shape index (κ3) is 9.59. The summed E-state index contributed by atoms with van der Waals surface area (Å²) in [5.41, 5.74) is 3.16. The molecule has 0 heterocycles. The Morgan fingerprint density at radius 2 is 1.31 bits per heavy atom. The molecular weight excluding hydrogens is 192 g/mol. The Morgan fingerprint density at radius 3 is 1.50 bits per heavy atom. The van der Waals surface area contributed by atoms with Crippen LogP contribution in [0.15, 0.2) is 23.3 Å². The summed E-state index contributed by atoms with van der Waals surface area (Å²) in [4.78, 5) is 0. The van der Waals surface area contributed by atoms with E-state index < -0.39 is 0 Å². The Labute approximate surface area is 104 Å². The molecule has 0 aromatic carbocycles. The highest BCUT2D eigenvalue weighted by Gasteiger charge is 2.03. The Bertz CT molecular complexity index is 203. The minimum absolute atomic E-state index is 0. The first-order valence-electron chi connectivity index (χ1n) is 6.05. The highest BCUT2D eigenvalue weighted by Crippen LogP contribution is 2.23. The van der Waals surface area contributed by atoms with Crippen molar-refractivity contribution in [3.8, 4) is 12.3 Å². The van der Waals surface area contributed by atoms with E-state index in [0.717, 1.165) is 0 Å². The van der Waals surface area contributed by atoms with Gasteiger partial charge in [0.1, 0.15) is 0 Å². The zero-order chi connectivity index (χ0) is 12.1. The standard InChI is InChI=1S/C10H16.C3H4.C2H6.CH4/c1-3-9-7-5-6-8-10(9)4-2;1-3-2;1-2;/h7-8H,3-6H2,1-2H3;1H,2H3;1-2H3;1H4. The molecule has 0 fully saturated rings. The van der Waals surface area contributed by atoms with Crippen molar-refractivity contribution in [2.24, 2.45) is 0 Å². The SMILES string of the molecule is C.C#CC.CC.CCC1=CCCC=C1CC. The van der Waals surface area contributed by atoms with Crippen molar-refractivity contribution in [1.82, 2.24) is 0 Å². The van der Waals surface area contributed by atoms with Crippen LogP contribution in [0.1, 0.15) is 67.7 Å². The van der Waals surface area contributed by atoms with E-state index in [4.69, 9.17) is 0 Å². The number of rotatable bonds is 2. The van der Waals surface area contributed by atoms with Gasteiger partial charge in [0.25, 0.3) is 0 Å². The Kier molecular flexibility index (Phi) is 21.1. The monoisotopic (exact) mass is 222 g/mol. The fraction of sp³-hybridized carbons (Fsp3) is 0.625. The van der Waals surface area contributed by atoms with Gasteiger partial charge < -0.3 is 0 Å². The van der Waals surface area contributed by atoms with Crippen LogP contribution in [-0.4, -0.2) is 0 Å². The Morgan fingerprint density at radius 1 is 1.06 bits per heavy atom. The van der Waals surface area contributed by atoms with Gasteiger partial charge in [0.05, 0.1) is 0 Å². The minimum Gasteiger partial charge on any atom is -0.120 e. The molecule has 0 atom stereocenters. The van der Waals surface area contributed by atoms with E-state index >= 15 is 0 Å². The van der Waals surface area contributed by atoms with Gasteiger partial charge in [0.15, 0.2) is 0 Å². The predicted octanol–water partition coefficient (Wildman–Crippen LogP) is 5.75. The summed E-state index contributed by atoms with van der Waals surface area (Å²) in [7, 11) is 0. The summed E-state index contributed by atoms with van der Waals surface area (Å²) < 4.78 is 0. The van der Waals surface area contributed by atoms with Crippen molar-refractivity contribution in [3.05, 3.63) is 23.3 Å². The third-order valence-corrected chi connectivity index (χ3v) is 2.12. The lowest BCUT2D eigenvalue weighted by molar-refractivity contribution is 0.915. The molecule has 0 unspecified atom stereocenters. The molecule has 0 bridgehead atoms. The van der Waals surface area contributed by atoms with E-state index in [9.17, 15) is 0 Å². The maximum atomic E-state index is 4.60. The average molecular weight is 222 g/mol. The molecule has 0 spiro atoms. The molecule has 0 saturated heterocycles. The fourth-order valence-corrected chi connectivity index (χ4v) is 1.52. The molecule has 1 aliphatic carbocycles. The molecule has 0 nitrogen and oxygen atoms in total. The third-order valence-electron chi connectivity index (χ3n) is 2.12. The van der Waals surface area contributed by atoms with Crippen LogP contribution in [0.3, 0.4) is 0 Å². The lowest BCUT2D eigenvalue weighted by atomic mass is 9.94. The lowest BCUT2D eigenvalue weighted by Gasteiger charge is -2.12. The van der Waals surface area contributed by atoms with E-state index in [1.54, 1.807) is 18.1 Å². The van der Waals surface area contributed by atoms with E-state index in [0.29, 0.717) is 0 Å². The van der Waals surface area contributed by atoms with Crippen molar-refractivity contribution < 1.29 is 0 Å². The van der Waals surface area contributed by atoms with Crippen molar-refractivity contribution in [3.63, 3.8) is 0 Å². The van der Waals surface area contributed by atoms with Crippen molar-refractivity contribution in [2.45, 2.75) is 67.7 Å². The fourth-order valence-electron chi connectivity index (χ4n) is 1.52. The van der Waals surface area contributed by atoms with Gasteiger partial charge in [-0.2, -0.15) is 0 Å². The minimum atomic E-state index is 0. The van der Waals surface area contributed by atoms with Gasteiger partial charge in [-0.1, -0.05) is 47.3 Å². The quantitative estimate of drug-likeness (QED) is 0.521. The molecule has 0 amide bonds. The molecule has 0 saturated carbocycles. The summed E-state index contributed by atoms with van der Waals surface area (Å²) in [6.45, 7) is 10.1. The highest BCUT2D eigenvalue weighted by molar-refractivity contribution is 5.32. The molecule has 16 heavy (non-hydrogen) atoms. The maximum absolute atomic E-state index is 4.60. The van der Waals surface area contributed by atoms with E-state index in [1.807, 2.05) is 13.8 Å². The summed E-state index contributed by atoms with van der Waals surface area (Å²) >= 11 is 0. The normalized spacial score (nSPS) is 12.2. The summed E-state index contributed by atoms with van der Waals surface area (Å²) in [5.74, 6) is 2.25. The second-order valence-electron chi connectivity index (χ2n) is 3.03. The summed E-state index contributed by atoms with van der Waals surface area (Å²) in [6.07, 6.45) is 14.3. The number of allylic oxidation sites excluding steroid dienone is 4. The van der Waals surface area contributed by atoms with Crippen LogP contribution in [0.25, 0.3) is 0 Å². The molecule has 0 radical (unpaired) electrons. The molecule has 1 rings (SSSR count). The zero-order valence-electron chi connectivity index (χ0n) is 11.1. The van der Waals surface area contributed by atoms with E-state index in [2.05, 4.69) is 38.3 Å². The first-order chi connectivity index (χ1) is 7.29. The predicted molar refractivity (Wildman–Crippen MR) is 78.6 cm³/mol. The first kappa shape index (κ1) is 20.5. The van der Waals surface area contributed by atoms with Gasteiger partial charge in [0.2, 0.25) is 0 Å². The van der Waals surface area contributed by atoms with Gasteiger partial charge in [0, 0.05) is 0 Å². The summed E-state index contributed by atoms with van der Waals surface area (Å²) in [5, 5.41) is 0. The molecule has 94 valence electrons. The molecule has 0 aromatic rings. The number of terminal acetylenes is 1. The smallest absolute Gasteiger partial charge is 0.00297 e. The van der Waals surface area contributed by atoms with Crippen LogP contribution >= 0.6 is 0 Å². The zero-order valence-corrected chi connectivity index (χ0v) is 11.1. The van der Waals surface area contributed by atoms with Crippen LogP contribution < -0.4 is 0 Å². The topological polar surface area (TPSA) is 0 Å².